The Bertz CT molecular complexity index is 566. The molecule has 158 valence electrons. The number of carbonyl (C=O) groups is 1. The first kappa shape index (κ1) is 24.1. The largest absolute Gasteiger partial charge is 0.508 e. The molecule has 0 aliphatic heterocycles. The Morgan fingerprint density at radius 3 is 2.07 bits per heavy atom. The van der Waals surface area contributed by atoms with Gasteiger partial charge in [0.25, 0.3) is 0 Å². The van der Waals surface area contributed by atoms with Crippen molar-refractivity contribution in [1.29, 1.82) is 0 Å². The number of carbonyl (C=O) groups excluding carboxylic acids is 1. The highest BCUT2D eigenvalue weighted by atomic mass is 16.5. The molecule has 0 spiro atoms. The summed E-state index contributed by atoms with van der Waals surface area (Å²) in [5.41, 5.74) is 0. The maximum Gasteiger partial charge on any atom is 0.311 e. The molecule has 0 atom stereocenters. The quantitative estimate of drug-likeness (QED) is 0.104. The van der Waals surface area contributed by atoms with Crippen LogP contribution in [0.15, 0.2) is 30.4 Å². The van der Waals surface area contributed by atoms with E-state index >= 15 is 0 Å². The summed E-state index contributed by atoms with van der Waals surface area (Å²) in [7, 11) is 0. The minimum absolute atomic E-state index is 0.0118. The Labute approximate surface area is 170 Å². The maximum absolute atomic E-state index is 11.8. The minimum Gasteiger partial charge on any atom is -0.508 e. The number of rotatable bonds is 16. The fraction of sp³-hybridized carbons (Fsp3) is 0.625. The Morgan fingerprint density at radius 1 is 0.857 bits per heavy atom. The lowest BCUT2D eigenvalue weighted by Crippen LogP contribution is -2.07. The number of allylic oxidation sites excluding steroid dienone is 2. The van der Waals surface area contributed by atoms with Gasteiger partial charge in [-0.2, -0.15) is 0 Å². The van der Waals surface area contributed by atoms with Crippen LogP contribution in [0, 0.1) is 0 Å². The van der Waals surface area contributed by atoms with Crippen LogP contribution in [0.2, 0.25) is 0 Å². The van der Waals surface area contributed by atoms with Gasteiger partial charge in [0.1, 0.15) is 5.75 Å². The molecule has 0 aliphatic rings. The lowest BCUT2D eigenvalue weighted by molar-refractivity contribution is -0.134. The van der Waals surface area contributed by atoms with Crippen molar-refractivity contribution in [2.75, 3.05) is 0 Å². The number of esters is 1. The molecule has 0 saturated carbocycles. The number of ether oxygens (including phenoxy) is 1. The first-order chi connectivity index (χ1) is 13.6. The molecule has 0 bridgehead atoms. The molecule has 1 aromatic rings. The molecule has 4 nitrogen and oxygen atoms in total. The number of hydrogen-bond acceptors (Lipinski definition) is 4. The molecular weight excluding hydrogens is 352 g/mol. The summed E-state index contributed by atoms with van der Waals surface area (Å²) in [6.07, 6.45) is 20.7. The van der Waals surface area contributed by atoms with Gasteiger partial charge in [-0.25, -0.2) is 0 Å². The Morgan fingerprint density at radius 2 is 1.43 bits per heavy atom. The van der Waals surface area contributed by atoms with Crippen LogP contribution in [0.25, 0.3) is 0 Å². The van der Waals surface area contributed by atoms with E-state index in [1.165, 1.54) is 76.0 Å². The molecule has 1 aromatic carbocycles. The van der Waals surface area contributed by atoms with Crippen molar-refractivity contribution in [3.05, 3.63) is 30.4 Å². The Kier molecular flexibility index (Phi) is 13.8. The highest BCUT2D eigenvalue weighted by Crippen LogP contribution is 2.30. The molecule has 0 aromatic heterocycles. The molecule has 4 heteroatoms. The van der Waals surface area contributed by atoms with Crippen LogP contribution in [0.4, 0.5) is 0 Å². The summed E-state index contributed by atoms with van der Waals surface area (Å²) in [4.78, 5) is 11.8. The van der Waals surface area contributed by atoms with Gasteiger partial charge >= 0.3 is 5.97 Å². The third-order valence-corrected chi connectivity index (χ3v) is 4.81. The van der Waals surface area contributed by atoms with Crippen LogP contribution in [0.1, 0.15) is 96.8 Å². The highest BCUT2D eigenvalue weighted by Gasteiger charge is 2.09. The van der Waals surface area contributed by atoms with Gasteiger partial charge in [0, 0.05) is 12.5 Å². The smallest absolute Gasteiger partial charge is 0.311 e. The summed E-state index contributed by atoms with van der Waals surface area (Å²) in [5, 5.41) is 19.0. The van der Waals surface area contributed by atoms with Gasteiger partial charge in [0.05, 0.1) is 0 Å². The van der Waals surface area contributed by atoms with Crippen LogP contribution >= 0.6 is 0 Å². The zero-order valence-corrected chi connectivity index (χ0v) is 17.5. The van der Waals surface area contributed by atoms with Gasteiger partial charge in [0.2, 0.25) is 0 Å². The topological polar surface area (TPSA) is 66.8 Å². The average Bonchev–Trinajstić information content (AvgIpc) is 2.67. The van der Waals surface area contributed by atoms with E-state index in [2.05, 4.69) is 19.1 Å². The number of phenolic OH excluding ortho intramolecular Hbond substituents is 2. The second kappa shape index (κ2) is 16.0. The number of aromatic hydroxyl groups is 2. The lowest BCUT2D eigenvalue weighted by atomic mass is 10.1. The molecule has 28 heavy (non-hydrogen) atoms. The zero-order valence-electron chi connectivity index (χ0n) is 17.5. The second-order valence-corrected chi connectivity index (χ2v) is 7.46. The summed E-state index contributed by atoms with van der Waals surface area (Å²) in [5.74, 6) is -0.548. The van der Waals surface area contributed by atoms with Crippen molar-refractivity contribution in [2.24, 2.45) is 0 Å². The van der Waals surface area contributed by atoms with Crippen molar-refractivity contribution in [1.82, 2.24) is 0 Å². The Hall–Kier alpha value is -1.97. The minimum atomic E-state index is -0.376. The first-order valence-corrected chi connectivity index (χ1v) is 11.0. The van der Waals surface area contributed by atoms with Crippen molar-refractivity contribution in [3.8, 4) is 17.2 Å². The molecule has 0 heterocycles. The highest BCUT2D eigenvalue weighted by molar-refractivity contribution is 5.73. The van der Waals surface area contributed by atoms with Crippen LogP contribution in [0.3, 0.4) is 0 Å². The van der Waals surface area contributed by atoms with Crippen LogP contribution in [-0.4, -0.2) is 16.2 Å². The Balaban J connectivity index is 1.93. The van der Waals surface area contributed by atoms with E-state index in [1.54, 1.807) is 0 Å². The van der Waals surface area contributed by atoms with Crippen LogP contribution in [-0.2, 0) is 4.79 Å². The van der Waals surface area contributed by atoms with Crippen molar-refractivity contribution < 1.29 is 19.7 Å². The molecular formula is C24H38O4. The summed E-state index contributed by atoms with van der Waals surface area (Å²) in [6, 6.07) is 3.89. The van der Waals surface area contributed by atoms with Crippen molar-refractivity contribution in [3.63, 3.8) is 0 Å². The molecule has 0 saturated heterocycles. The normalized spacial score (nSPS) is 11.2. The predicted octanol–water partition coefficient (Wildman–Crippen LogP) is 7.04. The fourth-order valence-corrected chi connectivity index (χ4v) is 3.10. The summed E-state index contributed by atoms with van der Waals surface area (Å²) in [6.45, 7) is 2.25. The summed E-state index contributed by atoms with van der Waals surface area (Å²) < 4.78 is 5.09. The molecule has 0 radical (unpaired) electrons. The van der Waals surface area contributed by atoms with E-state index in [-0.39, 0.29) is 23.2 Å². The van der Waals surface area contributed by atoms with E-state index in [0.29, 0.717) is 6.42 Å². The first-order valence-electron chi connectivity index (χ1n) is 11.0. The molecule has 0 unspecified atom stereocenters. The van der Waals surface area contributed by atoms with E-state index < -0.39 is 0 Å². The third kappa shape index (κ3) is 12.4. The molecule has 1 rings (SSSR count). The number of unbranched alkanes of at least 4 members (excludes halogenated alkanes) is 11. The van der Waals surface area contributed by atoms with E-state index in [4.69, 9.17) is 4.74 Å². The number of phenols is 2. The monoisotopic (exact) mass is 390 g/mol. The van der Waals surface area contributed by atoms with E-state index in [9.17, 15) is 15.0 Å². The molecule has 0 fully saturated rings. The average molecular weight is 391 g/mol. The zero-order chi connectivity index (χ0) is 20.5. The third-order valence-electron chi connectivity index (χ3n) is 4.81. The van der Waals surface area contributed by atoms with Crippen molar-refractivity contribution >= 4 is 5.97 Å². The van der Waals surface area contributed by atoms with Gasteiger partial charge in [-0.1, -0.05) is 70.4 Å². The molecule has 2 N–H and O–H groups in total. The lowest BCUT2D eigenvalue weighted by Gasteiger charge is -2.06. The van der Waals surface area contributed by atoms with Crippen molar-refractivity contribution in [2.45, 2.75) is 96.8 Å². The van der Waals surface area contributed by atoms with Gasteiger partial charge in [0.15, 0.2) is 11.5 Å². The van der Waals surface area contributed by atoms with Crippen LogP contribution < -0.4 is 4.74 Å². The molecule has 0 amide bonds. The fourth-order valence-electron chi connectivity index (χ4n) is 3.10. The SMILES string of the molecule is CCCCCCCC/C=C\CCCCCCCC(=O)Oc1cc(O)ccc1O. The second-order valence-electron chi connectivity index (χ2n) is 7.46. The summed E-state index contributed by atoms with van der Waals surface area (Å²) >= 11 is 0. The van der Waals surface area contributed by atoms with Crippen LogP contribution in [0.5, 0.6) is 17.2 Å². The molecule has 0 aliphatic carbocycles. The van der Waals surface area contributed by atoms with Gasteiger partial charge in [-0.15, -0.1) is 0 Å². The van der Waals surface area contributed by atoms with E-state index in [0.717, 1.165) is 25.7 Å². The predicted molar refractivity (Wildman–Crippen MR) is 115 cm³/mol. The number of benzene rings is 1. The maximum atomic E-state index is 11.8. The van der Waals surface area contributed by atoms with Gasteiger partial charge in [-0.05, 0) is 44.2 Å². The van der Waals surface area contributed by atoms with Gasteiger partial charge < -0.3 is 14.9 Å². The number of hydrogen-bond donors (Lipinski definition) is 2. The van der Waals surface area contributed by atoms with Gasteiger partial charge in [-0.3, -0.25) is 4.79 Å². The van der Waals surface area contributed by atoms with E-state index in [1.807, 2.05) is 0 Å². The standard InChI is InChI=1S/C24H38O4/c1-2-3-4-5-6-7-8-9-10-11-12-13-14-15-16-17-24(27)28-23-20-21(25)18-19-22(23)26/h9-10,18-20,25-26H,2-8,11-17H2,1H3/b10-9-.